The zero-order chi connectivity index (χ0) is 15.9. The van der Waals surface area contributed by atoms with Crippen LogP contribution in [0.25, 0.3) is 0 Å². The summed E-state index contributed by atoms with van der Waals surface area (Å²) in [5.41, 5.74) is 2.52. The minimum atomic E-state index is -0.161. The molecule has 0 atom stereocenters. The number of rotatable bonds is 4. The van der Waals surface area contributed by atoms with Crippen molar-refractivity contribution in [2.45, 2.75) is 33.2 Å². The van der Waals surface area contributed by atoms with Gasteiger partial charge in [0, 0.05) is 25.8 Å². The predicted molar refractivity (Wildman–Crippen MR) is 86.7 cm³/mol. The Morgan fingerprint density at radius 2 is 2.00 bits per heavy atom. The highest BCUT2D eigenvalue weighted by Crippen LogP contribution is 2.17. The van der Waals surface area contributed by atoms with Crippen LogP contribution in [0.1, 0.15) is 30.9 Å². The second-order valence-corrected chi connectivity index (χ2v) is 6.01. The largest absolute Gasteiger partial charge is 0.386 e. The molecule has 0 aliphatic carbocycles. The first-order valence-corrected chi connectivity index (χ1v) is 7.78. The quantitative estimate of drug-likeness (QED) is 0.687. The molecule has 1 heterocycles. The standard InChI is InChI=1S/C18H23N3O/c1-14-3-5-16(6-4-14)12-20-13-17(11-19)18(22)21-9-7-15(2)8-10-21/h3-6,13,15,20H,7-10,12H2,1-2H3/b17-13-. The van der Waals surface area contributed by atoms with Gasteiger partial charge >= 0.3 is 0 Å². The highest BCUT2D eigenvalue weighted by Gasteiger charge is 2.22. The second-order valence-electron chi connectivity index (χ2n) is 6.01. The normalized spacial score (nSPS) is 16.2. The van der Waals surface area contributed by atoms with Crippen LogP contribution in [0.3, 0.4) is 0 Å². The predicted octanol–water partition coefficient (Wildman–Crippen LogP) is 2.75. The van der Waals surface area contributed by atoms with Gasteiger partial charge in [0.15, 0.2) is 0 Å². The van der Waals surface area contributed by atoms with E-state index in [1.54, 1.807) is 11.1 Å². The lowest BCUT2D eigenvalue weighted by Gasteiger charge is -2.30. The van der Waals surface area contributed by atoms with Gasteiger partial charge in [0.25, 0.3) is 5.91 Å². The lowest BCUT2D eigenvalue weighted by Crippen LogP contribution is -2.38. The van der Waals surface area contributed by atoms with Crippen LogP contribution in [0.2, 0.25) is 0 Å². The van der Waals surface area contributed by atoms with Gasteiger partial charge in [-0.3, -0.25) is 4.79 Å². The molecule has 1 amide bonds. The van der Waals surface area contributed by atoms with E-state index in [1.807, 2.05) is 37.3 Å². The van der Waals surface area contributed by atoms with Gasteiger partial charge in [-0.05, 0) is 31.2 Å². The van der Waals surface area contributed by atoms with Crippen molar-refractivity contribution in [3.63, 3.8) is 0 Å². The van der Waals surface area contributed by atoms with Crippen molar-refractivity contribution in [2.75, 3.05) is 13.1 Å². The Morgan fingerprint density at radius 1 is 1.36 bits per heavy atom. The fourth-order valence-corrected chi connectivity index (χ4v) is 2.50. The van der Waals surface area contributed by atoms with Gasteiger partial charge in [-0.15, -0.1) is 0 Å². The third-order valence-corrected chi connectivity index (χ3v) is 4.09. The first-order chi connectivity index (χ1) is 10.6. The molecule has 4 heteroatoms. The summed E-state index contributed by atoms with van der Waals surface area (Å²) in [5.74, 6) is 0.504. The molecule has 1 saturated heterocycles. The third kappa shape index (κ3) is 4.36. The molecule has 1 aliphatic rings. The first kappa shape index (κ1) is 16.1. The van der Waals surface area contributed by atoms with Crippen molar-refractivity contribution in [2.24, 2.45) is 5.92 Å². The minimum Gasteiger partial charge on any atom is -0.386 e. The lowest BCUT2D eigenvalue weighted by molar-refractivity contribution is -0.128. The van der Waals surface area contributed by atoms with Crippen molar-refractivity contribution in [1.82, 2.24) is 10.2 Å². The van der Waals surface area contributed by atoms with Gasteiger partial charge in [-0.1, -0.05) is 36.8 Å². The molecule has 22 heavy (non-hydrogen) atoms. The molecule has 1 N–H and O–H groups in total. The number of amides is 1. The highest BCUT2D eigenvalue weighted by molar-refractivity contribution is 5.97. The average Bonchev–Trinajstić information content (AvgIpc) is 2.53. The Labute approximate surface area is 132 Å². The molecular formula is C18H23N3O. The van der Waals surface area contributed by atoms with E-state index in [0.717, 1.165) is 31.5 Å². The second kappa shape index (κ2) is 7.65. The summed E-state index contributed by atoms with van der Waals surface area (Å²) < 4.78 is 0. The molecule has 1 aromatic rings. The summed E-state index contributed by atoms with van der Waals surface area (Å²) in [6.45, 7) is 6.35. The molecule has 2 rings (SSSR count). The number of hydrogen-bond acceptors (Lipinski definition) is 3. The summed E-state index contributed by atoms with van der Waals surface area (Å²) in [4.78, 5) is 14.1. The SMILES string of the molecule is Cc1ccc(CN/C=C(/C#N)C(=O)N2CCC(C)CC2)cc1. The first-order valence-electron chi connectivity index (χ1n) is 7.78. The lowest BCUT2D eigenvalue weighted by atomic mass is 9.99. The summed E-state index contributed by atoms with van der Waals surface area (Å²) in [5, 5.41) is 12.3. The van der Waals surface area contributed by atoms with E-state index in [0.29, 0.717) is 12.5 Å². The van der Waals surface area contributed by atoms with Crippen LogP contribution in [-0.4, -0.2) is 23.9 Å². The van der Waals surface area contributed by atoms with Gasteiger partial charge in [-0.2, -0.15) is 5.26 Å². The Bertz CT molecular complexity index is 575. The molecule has 1 fully saturated rings. The smallest absolute Gasteiger partial charge is 0.265 e. The number of nitriles is 1. The molecule has 0 unspecified atom stereocenters. The number of carbonyl (C=O) groups is 1. The molecule has 0 spiro atoms. The van der Waals surface area contributed by atoms with E-state index < -0.39 is 0 Å². The Balaban J connectivity index is 1.91. The van der Waals surface area contributed by atoms with Crippen molar-refractivity contribution >= 4 is 5.91 Å². The van der Waals surface area contributed by atoms with E-state index in [4.69, 9.17) is 0 Å². The summed E-state index contributed by atoms with van der Waals surface area (Å²) >= 11 is 0. The number of nitrogens with zero attached hydrogens (tertiary/aromatic N) is 2. The van der Waals surface area contributed by atoms with Crippen LogP contribution in [0.15, 0.2) is 36.0 Å². The number of likely N-dealkylation sites (tertiary alicyclic amines) is 1. The van der Waals surface area contributed by atoms with Crippen molar-refractivity contribution in [1.29, 1.82) is 5.26 Å². The maximum absolute atomic E-state index is 12.3. The maximum Gasteiger partial charge on any atom is 0.265 e. The molecular weight excluding hydrogens is 274 g/mol. The summed E-state index contributed by atoms with van der Waals surface area (Å²) in [6.07, 6.45) is 3.57. The van der Waals surface area contributed by atoms with E-state index >= 15 is 0 Å². The molecule has 0 radical (unpaired) electrons. The number of aryl methyl sites for hydroxylation is 1. The topological polar surface area (TPSA) is 56.1 Å². The van der Waals surface area contributed by atoms with E-state index in [1.165, 1.54) is 5.56 Å². The Hall–Kier alpha value is -2.28. The Morgan fingerprint density at radius 3 is 2.59 bits per heavy atom. The van der Waals surface area contributed by atoms with Crippen molar-refractivity contribution in [3.8, 4) is 6.07 Å². The average molecular weight is 297 g/mol. The Kier molecular flexibility index (Phi) is 5.60. The number of carbonyl (C=O) groups excluding carboxylic acids is 1. The van der Waals surface area contributed by atoms with E-state index in [2.05, 4.69) is 12.2 Å². The number of nitrogens with one attached hydrogen (secondary N) is 1. The number of benzene rings is 1. The summed E-state index contributed by atoms with van der Waals surface area (Å²) in [6, 6.07) is 10.2. The summed E-state index contributed by atoms with van der Waals surface area (Å²) in [7, 11) is 0. The molecule has 1 aromatic carbocycles. The molecule has 0 saturated carbocycles. The van der Waals surface area contributed by atoms with E-state index in [9.17, 15) is 10.1 Å². The molecule has 1 aliphatic heterocycles. The maximum atomic E-state index is 12.3. The van der Waals surface area contributed by atoms with Crippen LogP contribution in [-0.2, 0) is 11.3 Å². The number of hydrogen-bond donors (Lipinski definition) is 1. The zero-order valence-corrected chi connectivity index (χ0v) is 13.3. The van der Waals surface area contributed by atoms with Gasteiger partial charge in [0.1, 0.15) is 11.6 Å². The van der Waals surface area contributed by atoms with Crippen LogP contribution < -0.4 is 5.32 Å². The van der Waals surface area contributed by atoms with Crippen LogP contribution >= 0.6 is 0 Å². The van der Waals surface area contributed by atoms with Gasteiger partial charge in [0.05, 0.1) is 0 Å². The molecule has 0 aromatic heterocycles. The highest BCUT2D eigenvalue weighted by atomic mass is 16.2. The minimum absolute atomic E-state index is 0.161. The molecule has 0 bridgehead atoms. The van der Waals surface area contributed by atoms with Gasteiger partial charge in [-0.25, -0.2) is 0 Å². The van der Waals surface area contributed by atoms with E-state index in [-0.39, 0.29) is 11.5 Å². The third-order valence-electron chi connectivity index (χ3n) is 4.09. The molecule has 116 valence electrons. The molecule has 4 nitrogen and oxygen atoms in total. The van der Waals surface area contributed by atoms with Gasteiger partial charge < -0.3 is 10.2 Å². The van der Waals surface area contributed by atoms with Crippen LogP contribution in [0, 0.1) is 24.2 Å². The van der Waals surface area contributed by atoms with Crippen molar-refractivity contribution < 1.29 is 4.79 Å². The number of piperidine rings is 1. The fourth-order valence-electron chi connectivity index (χ4n) is 2.50. The van der Waals surface area contributed by atoms with Crippen LogP contribution in [0.5, 0.6) is 0 Å². The van der Waals surface area contributed by atoms with Gasteiger partial charge in [0.2, 0.25) is 0 Å². The van der Waals surface area contributed by atoms with Crippen molar-refractivity contribution in [3.05, 3.63) is 47.2 Å². The zero-order valence-electron chi connectivity index (χ0n) is 13.3. The fraction of sp³-hybridized carbons (Fsp3) is 0.444. The van der Waals surface area contributed by atoms with Crippen LogP contribution in [0.4, 0.5) is 0 Å². The monoisotopic (exact) mass is 297 g/mol.